The summed E-state index contributed by atoms with van der Waals surface area (Å²) in [5.41, 5.74) is 3.35. The van der Waals surface area contributed by atoms with Crippen LogP contribution in [0.3, 0.4) is 0 Å². The number of allylic oxidation sites excluding steroid dienone is 1. The van der Waals surface area contributed by atoms with Crippen LogP contribution in [0.15, 0.2) is 92.3 Å². The first-order chi connectivity index (χ1) is 21.4. The zero-order valence-corrected chi connectivity index (χ0v) is 26.9. The predicted octanol–water partition coefficient (Wildman–Crippen LogP) is 5.80. The maximum atomic E-state index is 14.2. The largest absolute Gasteiger partial charge is 0.497 e. The van der Waals surface area contributed by atoms with Gasteiger partial charge in [0.05, 0.1) is 47.2 Å². The second-order valence-corrected chi connectivity index (χ2v) is 11.9. The molecule has 5 rings (SSSR count). The van der Waals surface area contributed by atoms with Crippen LogP contribution in [0.25, 0.3) is 6.08 Å². The van der Waals surface area contributed by atoms with Gasteiger partial charge in [0, 0.05) is 15.6 Å². The molecule has 10 heteroatoms. The Hall–Kier alpha value is -4.46. The number of nitrogens with zero attached hydrogens (tertiary/aromatic N) is 3. The second-order valence-electron chi connectivity index (χ2n) is 9.93. The summed E-state index contributed by atoms with van der Waals surface area (Å²) < 4.78 is 19.9. The summed E-state index contributed by atoms with van der Waals surface area (Å²) in [6.07, 6.45) is 3.08. The van der Waals surface area contributed by atoms with Crippen molar-refractivity contribution < 1.29 is 19.0 Å². The fourth-order valence-corrected chi connectivity index (χ4v) is 6.45. The number of benzene rings is 3. The van der Waals surface area contributed by atoms with Crippen LogP contribution in [0, 0.1) is 11.3 Å². The Balaban J connectivity index is 1.66. The molecule has 4 aromatic rings. The van der Waals surface area contributed by atoms with E-state index in [0.717, 1.165) is 16.5 Å². The van der Waals surface area contributed by atoms with Crippen LogP contribution in [0.2, 0.25) is 0 Å². The average molecular weight is 673 g/mol. The molecule has 0 saturated carbocycles. The van der Waals surface area contributed by atoms with Crippen molar-refractivity contribution in [2.45, 2.75) is 39.3 Å². The minimum atomic E-state index is -0.746. The van der Waals surface area contributed by atoms with Crippen LogP contribution >= 0.6 is 27.3 Å². The molecule has 0 radical (unpaired) electrons. The molecule has 0 spiro atoms. The van der Waals surface area contributed by atoms with Gasteiger partial charge in [-0.1, -0.05) is 70.9 Å². The van der Waals surface area contributed by atoms with Crippen LogP contribution in [-0.2, 0) is 16.1 Å². The highest BCUT2D eigenvalue weighted by atomic mass is 79.9. The van der Waals surface area contributed by atoms with Crippen molar-refractivity contribution in [1.29, 1.82) is 5.26 Å². The number of ether oxygens (including phenoxy) is 3. The summed E-state index contributed by atoms with van der Waals surface area (Å²) in [6, 6.07) is 21.6. The third-order valence-corrected chi connectivity index (χ3v) is 8.56. The minimum absolute atomic E-state index is 0.187. The lowest BCUT2D eigenvalue weighted by Gasteiger charge is -2.26. The van der Waals surface area contributed by atoms with E-state index in [9.17, 15) is 14.9 Å². The Kier molecular flexibility index (Phi) is 9.78. The first kappa shape index (κ1) is 31.0. The van der Waals surface area contributed by atoms with E-state index < -0.39 is 12.0 Å². The highest BCUT2D eigenvalue weighted by Gasteiger charge is 2.34. The minimum Gasteiger partial charge on any atom is -0.497 e. The van der Waals surface area contributed by atoms with Crippen molar-refractivity contribution >= 4 is 39.3 Å². The number of fused-ring (bicyclic) bond motifs is 1. The molecule has 2 heterocycles. The van der Waals surface area contributed by atoms with Gasteiger partial charge in [0.2, 0.25) is 0 Å². The van der Waals surface area contributed by atoms with Crippen molar-refractivity contribution in [3.05, 3.63) is 124 Å². The maximum Gasteiger partial charge on any atom is 0.338 e. The van der Waals surface area contributed by atoms with Crippen LogP contribution < -0.4 is 24.4 Å². The molecule has 0 aliphatic carbocycles. The first-order valence-corrected chi connectivity index (χ1v) is 15.8. The van der Waals surface area contributed by atoms with E-state index in [-0.39, 0.29) is 18.8 Å². The average Bonchev–Trinajstić information content (AvgIpc) is 3.34. The molecule has 1 aromatic heterocycles. The van der Waals surface area contributed by atoms with Gasteiger partial charge in [-0.15, -0.1) is 0 Å². The van der Waals surface area contributed by atoms with E-state index in [1.165, 1.54) is 11.3 Å². The van der Waals surface area contributed by atoms with E-state index in [1.54, 1.807) is 30.7 Å². The Labute approximate surface area is 267 Å². The number of nitriles is 1. The molecule has 1 aliphatic heterocycles. The molecule has 3 aromatic carbocycles. The van der Waals surface area contributed by atoms with Gasteiger partial charge in [0.15, 0.2) is 4.80 Å². The molecule has 0 bridgehead atoms. The molecule has 44 heavy (non-hydrogen) atoms. The monoisotopic (exact) mass is 671 g/mol. The summed E-state index contributed by atoms with van der Waals surface area (Å²) in [4.78, 5) is 32.9. The standard InChI is InChI=1S/C34H30BrN3O5S/c1-4-9-27-30(33(40)42-5-2)31(21-12-8-13-26(17-21)41-3)38-32(39)29(44-34(38)37-27)18-24-16-25(35)14-15-28(24)43-20-23-11-7-6-10-22(23)19-36/h6-8,10-18,31H,4-5,9,20H2,1-3H3/b29-18-/t31-/m0/s1. The van der Waals surface area contributed by atoms with Crippen LogP contribution in [0.5, 0.6) is 11.5 Å². The predicted molar refractivity (Wildman–Crippen MR) is 172 cm³/mol. The lowest BCUT2D eigenvalue weighted by atomic mass is 9.94. The molecular formula is C34H30BrN3O5S. The summed E-state index contributed by atoms with van der Waals surface area (Å²) >= 11 is 4.79. The number of hydrogen-bond donors (Lipinski definition) is 0. The number of hydrogen-bond acceptors (Lipinski definition) is 8. The van der Waals surface area contributed by atoms with Crippen molar-refractivity contribution in [3.8, 4) is 17.6 Å². The lowest BCUT2D eigenvalue weighted by Crippen LogP contribution is -2.40. The summed E-state index contributed by atoms with van der Waals surface area (Å²) in [7, 11) is 1.58. The molecule has 8 nitrogen and oxygen atoms in total. The number of thiazole rings is 1. The van der Waals surface area contributed by atoms with Gasteiger partial charge in [-0.25, -0.2) is 9.79 Å². The maximum absolute atomic E-state index is 14.2. The van der Waals surface area contributed by atoms with Gasteiger partial charge in [0.25, 0.3) is 5.56 Å². The molecule has 0 fully saturated rings. The van der Waals surface area contributed by atoms with Gasteiger partial charge in [0.1, 0.15) is 18.1 Å². The second kappa shape index (κ2) is 13.9. The van der Waals surface area contributed by atoms with E-state index in [1.807, 2.05) is 67.6 Å². The SMILES string of the molecule is CCCC1=C(C(=O)OCC)[C@H](c2cccc(OC)c2)n2c(s/c(=C\c3cc(Br)ccc3OCc3ccccc3C#N)c2=O)=N1. The zero-order chi connectivity index (χ0) is 31.2. The summed E-state index contributed by atoms with van der Waals surface area (Å²) in [5, 5.41) is 9.48. The first-order valence-electron chi connectivity index (χ1n) is 14.1. The van der Waals surface area contributed by atoms with Crippen LogP contribution in [0.1, 0.15) is 55.0 Å². The van der Waals surface area contributed by atoms with Gasteiger partial charge < -0.3 is 14.2 Å². The molecule has 0 amide bonds. The van der Waals surface area contributed by atoms with Crippen molar-refractivity contribution in [2.75, 3.05) is 13.7 Å². The van der Waals surface area contributed by atoms with Gasteiger partial charge in [-0.2, -0.15) is 5.26 Å². The number of carbonyl (C=O) groups excluding carboxylic acids is 1. The van der Waals surface area contributed by atoms with Gasteiger partial charge in [-0.05, 0) is 61.4 Å². The van der Waals surface area contributed by atoms with Crippen molar-refractivity contribution in [2.24, 2.45) is 4.99 Å². The molecule has 0 N–H and O–H groups in total. The normalized spacial score (nSPS) is 14.4. The third-order valence-electron chi connectivity index (χ3n) is 7.08. The van der Waals surface area contributed by atoms with Crippen molar-refractivity contribution in [1.82, 2.24) is 4.57 Å². The Morgan fingerprint density at radius 3 is 2.70 bits per heavy atom. The summed E-state index contributed by atoms with van der Waals surface area (Å²) in [6.45, 7) is 4.16. The summed E-state index contributed by atoms with van der Waals surface area (Å²) in [5.74, 6) is 0.660. The smallest absolute Gasteiger partial charge is 0.338 e. The number of halogens is 1. The topological polar surface area (TPSA) is 103 Å². The molecule has 0 unspecified atom stereocenters. The van der Waals surface area contributed by atoms with Gasteiger partial charge in [-0.3, -0.25) is 9.36 Å². The molecule has 224 valence electrons. The zero-order valence-electron chi connectivity index (χ0n) is 24.5. The van der Waals surface area contributed by atoms with Gasteiger partial charge >= 0.3 is 5.97 Å². The Bertz CT molecular complexity index is 1970. The van der Waals surface area contributed by atoms with Crippen LogP contribution in [0.4, 0.5) is 0 Å². The number of aromatic nitrogens is 1. The Morgan fingerprint density at radius 1 is 1.14 bits per heavy atom. The lowest BCUT2D eigenvalue weighted by molar-refractivity contribution is -0.139. The fourth-order valence-electron chi connectivity index (χ4n) is 5.06. The van der Waals surface area contributed by atoms with E-state index in [2.05, 4.69) is 22.0 Å². The van der Waals surface area contributed by atoms with Crippen molar-refractivity contribution in [3.63, 3.8) is 0 Å². The number of rotatable bonds is 10. The molecular weight excluding hydrogens is 642 g/mol. The molecule has 0 saturated heterocycles. The number of methoxy groups -OCH3 is 1. The number of carbonyl (C=O) groups is 1. The van der Waals surface area contributed by atoms with Crippen LogP contribution in [-0.4, -0.2) is 24.3 Å². The highest BCUT2D eigenvalue weighted by Crippen LogP contribution is 2.34. The number of esters is 1. The Morgan fingerprint density at radius 2 is 1.95 bits per heavy atom. The third kappa shape index (κ3) is 6.39. The molecule has 1 aliphatic rings. The quantitative estimate of drug-likeness (QED) is 0.198. The highest BCUT2D eigenvalue weighted by molar-refractivity contribution is 9.10. The van der Waals surface area contributed by atoms with E-state index >= 15 is 0 Å². The molecule has 1 atom stereocenters. The fraction of sp³-hybridized carbons (Fsp3) is 0.235. The van der Waals surface area contributed by atoms with E-state index in [4.69, 9.17) is 19.2 Å². The van der Waals surface area contributed by atoms with E-state index in [0.29, 0.717) is 55.2 Å².